The van der Waals surface area contributed by atoms with Gasteiger partial charge in [-0.2, -0.15) is 0 Å². The van der Waals surface area contributed by atoms with E-state index in [1.807, 2.05) is 12.1 Å². The minimum Gasteiger partial charge on any atom is -0.507 e. The number of nitrogens with two attached hydrogens (primary N) is 1. The molecule has 37 heavy (non-hydrogen) atoms. The second kappa shape index (κ2) is 23.9. The molecule has 0 radical (unpaired) electrons. The van der Waals surface area contributed by atoms with Crippen LogP contribution in [-0.2, 0) is 29.3 Å². The Hall–Kier alpha value is -1.16. The molecule has 0 spiro atoms. The van der Waals surface area contributed by atoms with Crippen LogP contribution < -0.4 is 5.73 Å². The van der Waals surface area contributed by atoms with Crippen molar-refractivity contribution in [3.8, 4) is 11.5 Å². The van der Waals surface area contributed by atoms with Gasteiger partial charge in [0.15, 0.2) is 0 Å². The summed E-state index contributed by atoms with van der Waals surface area (Å²) in [6.45, 7) is 7.47. The fourth-order valence-electron chi connectivity index (χ4n) is 4.13. The van der Waals surface area contributed by atoms with E-state index in [4.69, 9.17) is 5.73 Å². The van der Waals surface area contributed by atoms with Crippen molar-refractivity contribution >= 4 is 11.8 Å². The predicted molar refractivity (Wildman–Crippen MR) is 158 cm³/mol. The molecular formula is C32H53NNiO2S. The van der Waals surface area contributed by atoms with E-state index in [1.54, 1.807) is 12.1 Å². The molecule has 2 aromatic carbocycles. The largest absolute Gasteiger partial charge is 0.507 e. The van der Waals surface area contributed by atoms with Crippen LogP contribution in [0.2, 0.25) is 0 Å². The Balaban J connectivity index is 0.00000196. The van der Waals surface area contributed by atoms with Gasteiger partial charge in [-0.1, -0.05) is 115 Å². The third kappa shape index (κ3) is 17.1. The number of aryl methyl sites for hydroxylation is 2. The average Bonchev–Trinajstić information content (AvgIpc) is 2.88. The van der Waals surface area contributed by atoms with Crippen LogP contribution in [0.5, 0.6) is 11.5 Å². The van der Waals surface area contributed by atoms with E-state index in [1.165, 1.54) is 113 Å². The summed E-state index contributed by atoms with van der Waals surface area (Å²) in [4.78, 5) is 1.66. The van der Waals surface area contributed by atoms with Crippen LogP contribution in [0, 0.1) is 0 Å². The van der Waals surface area contributed by atoms with Crippen molar-refractivity contribution in [3.63, 3.8) is 0 Å². The van der Waals surface area contributed by atoms with Gasteiger partial charge >= 0.3 is 0 Å². The van der Waals surface area contributed by atoms with E-state index in [0.29, 0.717) is 0 Å². The van der Waals surface area contributed by atoms with Crippen LogP contribution in [0.3, 0.4) is 0 Å². The summed E-state index contributed by atoms with van der Waals surface area (Å²) in [7, 11) is 0. The second-order valence-electron chi connectivity index (χ2n) is 9.88. The van der Waals surface area contributed by atoms with E-state index >= 15 is 0 Å². The summed E-state index contributed by atoms with van der Waals surface area (Å²) in [5.41, 5.74) is 7.66. The Morgan fingerprint density at radius 2 is 0.946 bits per heavy atom. The molecule has 5 heteroatoms. The molecule has 0 fully saturated rings. The summed E-state index contributed by atoms with van der Waals surface area (Å²) in [6.07, 6.45) is 19.9. The van der Waals surface area contributed by atoms with Gasteiger partial charge in [0, 0.05) is 16.5 Å². The van der Waals surface area contributed by atoms with Crippen LogP contribution in [0.25, 0.3) is 0 Å². The molecule has 2 aromatic rings. The third-order valence-corrected chi connectivity index (χ3v) is 7.56. The first-order valence-electron chi connectivity index (χ1n) is 14.6. The number of benzene rings is 2. The van der Waals surface area contributed by atoms with Crippen molar-refractivity contribution in [3.05, 3.63) is 47.5 Å². The quantitative estimate of drug-likeness (QED) is 0.122. The molecule has 0 aliphatic carbocycles. The minimum atomic E-state index is 0. The van der Waals surface area contributed by atoms with Gasteiger partial charge in [-0.25, -0.2) is 0 Å². The molecule has 2 rings (SSSR count). The van der Waals surface area contributed by atoms with Gasteiger partial charge in [-0.3, -0.25) is 0 Å². The first-order valence-corrected chi connectivity index (χ1v) is 15.4. The molecule has 0 aliphatic heterocycles. The smallest absolute Gasteiger partial charge is 0.129 e. The number of unbranched alkanes of at least 4 members (excludes halogenated alkanes) is 11. The molecule has 0 bridgehead atoms. The Morgan fingerprint density at radius 1 is 0.568 bits per heavy atom. The molecular weight excluding hydrogens is 521 g/mol. The van der Waals surface area contributed by atoms with Crippen molar-refractivity contribution in [1.82, 2.24) is 0 Å². The Labute approximate surface area is 242 Å². The van der Waals surface area contributed by atoms with E-state index in [9.17, 15) is 10.2 Å². The van der Waals surface area contributed by atoms with E-state index in [2.05, 4.69) is 32.9 Å². The number of hydrogen-bond acceptors (Lipinski definition) is 4. The molecule has 0 atom stereocenters. The summed E-state index contributed by atoms with van der Waals surface area (Å²) in [6, 6.07) is 11.8. The molecule has 0 saturated carbocycles. The molecule has 0 aromatic heterocycles. The van der Waals surface area contributed by atoms with E-state index in [0.717, 1.165) is 29.2 Å². The maximum absolute atomic E-state index is 10.4. The zero-order valence-corrected chi connectivity index (χ0v) is 25.5. The maximum Gasteiger partial charge on any atom is 0.129 e. The van der Waals surface area contributed by atoms with Gasteiger partial charge in [0.05, 0.1) is 9.79 Å². The van der Waals surface area contributed by atoms with Gasteiger partial charge in [-0.15, -0.1) is 0 Å². The molecule has 3 nitrogen and oxygen atoms in total. The maximum atomic E-state index is 10.4. The van der Waals surface area contributed by atoms with Crippen LogP contribution in [0.4, 0.5) is 0 Å². The number of phenolic OH excluding ortho intramolecular Hbond substituents is 2. The predicted octanol–water partition coefficient (Wildman–Crippen LogP) is 9.80. The topological polar surface area (TPSA) is 66.5 Å². The standard InChI is InChI=1S/C28H42O2S.C4H11N.Ni/c1-3-5-7-9-11-13-15-23-17-19-25(29)27(21-23)31-28-22-24(18-20-26(28)30)16-14-12-10-8-6-4-2;1-2-3-4-5;/h17-22,29-30H,3-16H2,1-2H3;2-5H2,1H3;. The van der Waals surface area contributed by atoms with Crippen molar-refractivity contribution in [2.75, 3.05) is 6.54 Å². The van der Waals surface area contributed by atoms with Gasteiger partial charge in [0.2, 0.25) is 0 Å². The summed E-state index contributed by atoms with van der Waals surface area (Å²) in [5, 5.41) is 20.7. The van der Waals surface area contributed by atoms with Gasteiger partial charge in [0.25, 0.3) is 0 Å². The normalized spacial score (nSPS) is 10.5. The van der Waals surface area contributed by atoms with E-state index < -0.39 is 0 Å². The average molecular weight is 575 g/mol. The molecule has 0 aliphatic rings. The monoisotopic (exact) mass is 573 g/mol. The Bertz CT molecular complexity index is 750. The van der Waals surface area contributed by atoms with E-state index in [-0.39, 0.29) is 28.0 Å². The summed E-state index contributed by atoms with van der Waals surface area (Å²) in [5.74, 6) is 0.579. The molecule has 0 unspecified atom stereocenters. The first kappa shape index (κ1) is 35.8. The Morgan fingerprint density at radius 3 is 1.30 bits per heavy atom. The van der Waals surface area contributed by atoms with Crippen LogP contribution in [0.15, 0.2) is 46.2 Å². The number of aromatic hydroxyl groups is 2. The zero-order valence-electron chi connectivity index (χ0n) is 23.7. The second-order valence-corrected chi connectivity index (χ2v) is 11.0. The molecule has 214 valence electrons. The fraction of sp³-hybridized carbons (Fsp3) is 0.625. The molecule has 0 amide bonds. The van der Waals surface area contributed by atoms with Crippen LogP contribution in [0.1, 0.15) is 122 Å². The zero-order chi connectivity index (χ0) is 26.4. The minimum absolute atomic E-state index is 0. The number of phenols is 2. The first-order chi connectivity index (χ1) is 17.5. The number of hydrogen-bond donors (Lipinski definition) is 3. The molecule has 4 N–H and O–H groups in total. The molecule has 0 saturated heterocycles. The SMILES string of the molecule is CCCCCCCCc1ccc(O)c(Sc2cc(CCCCCCCC)ccc2O)c1.CCCCN.[Ni]. The summed E-state index contributed by atoms with van der Waals surface area (Å²) >= 11 is 1.47. The van der Waals surface area contributed by atoms with Gasteiger partial charge in [0.1, 0.15) is 11.5 Å². The molecule has 0 heterocycles. The van der Waals surface area contributed by atoms with Crippen molar-refractivity contribution in [2.24, 2.45) is 5.73 Å². The van der Waals surface area contributed by atoms with Crippen molar-refractivity contribution in [2.45, 2.75) is 133 Å². The van der Waals surface area contributed by atoms with Crippen LogP contribution in [-0.4, -0.2) is 16.8 Å². The third-order valence-electron chi connectivity index (χ3n) is 6.46. The van der Waals surface area contributed by atoms with Gasteiger partial charge < -0.3 is 15.9 Å². The summed E-state index contributed by atoms with van der Waals surface area (Å²) < 4.78 is 0. The fourth-order valence-corrected chi connectivity index (χ4v) is 5.14. The van der Waals surface area contributed by atoms with Gasteiger partial charge in [-0.05, 0) is 74.0 Å². The van der Waals surface area contributed by atoms with Crippen molar-refractivity contribution < 1.29 is 26.7 Å². The Kier molecular flexibility index (Phi) is 23.2. The van der Waals surface area contributed by atoms with Crippen LogP contribution >= 0.6 is 11.8 Å². The van der Waals surface area contributed by atoms with Crippen molar-refractivity contribution in [1.29, 1.82) is 0 Å². The number of rotatable bonds is 18.